The highest BCUT2D eigenvalue weighted by Gasteiger charge is 2.23. The maximum Gasteiger partial charge on any atom is 0.260 e. The Morgan fingerprint density at radius 1 is 1.21 bits per heavy atom. The van der Waals surface area contributed by atoms with Gasteiger partial charge in [-0.3, -0.25) is 29.4 Å². The Hall–Kier alpha value is -2.50. The van der Waals surface area contributed by atoms with Gasteiger partial charge in [0.25, 0.3) is 5.91 Å². The van der Waals surface area contributed by atoms with E-state index in [1.54, 1.807) is 19.1 Å². The van der Waals surface area contributed by atoms with Crippen LogP contribution in [0.1, 0.15) is 55.1 Å². The highest BCUT2D eigenvalue weighted by atomic mass is 16.2. The first-order valence-corrected chi connectivity index (χ1v) is 7.99. The van der Waals surface area contributed by atoms with Gasteiger partial charge in [0.2, 0.25) is 18.7 Å². The van der Waals surface area contributed by atoms with Crippen molar-refractivity contribution in [1.29, 1.82) is 0 Å². The molecule has 1 atom stereocenters. The molecule has 0 aromatic heterocycles. The van der Waals surface area contributed by atoms with E-state index in [-0.39, 0.29) is 18.7 Å². The summed E-state index contributed by atoms with van der Waals surface area (Å²) in [5.41, 5.74) is 2.26. The van der Waals surface area contributed by atoms with Crippen molar-refractivity contribution < 1.29 is 19.2 Å². The molecule has 0 saturated carbocycles. The number of carbonyl (C=O) groups is 4. The molecule has 0 fully saturated rings. The lowest BCUT2D eigenvalue weighted by atomic mass is 10.0. The molecule has 1 unspecified atom stereocenters. The summed E-state index contributed by atoms with van der Waals surface area (Å²) >= 11 is 0. The predicted molar refractivity (Wildman–Crippen MR) is 92.4 cm³/mol. The molecular weight excluding hydrogens is 308 g/mol. The lowest BCUT2D eigenvalue weighted by Gasteiger charge is -2.24. The molecule has 0 bridgehead atoms. The van der Waals surface area contributed by atoms with E-state index in [4.69, 9.17) is 0 Å². The molecule has 0 aliphatic carbocycles. The van der Waals surface area contributed by atoms with Gasteiger partial charge in [0, 0.05) is 18.0 Å². The van der Waals surface area contributed by atoms with E-state index in [2.05, 4.69) is 0 Å². The molecule has 1 rings (SSSR count). The maximum absolute atomic E-state index is 12.5. The normalized spacial score (nSPS) is 10.7. The number of rotatable bonds is 7. The fourth-order valence-corrected chi connectivity index (χ4v) is 2.09. The SMILES string of the molecule is CC.Cc1cccc(C(=O)N(C=O)C(C)CCC(=O)NC=O)c1C. The summed E-state index contributed by atoms with van der Waals surface area (Å²) < 4.78 is 0. The molecule has 6 heteroatoms. The van der Waals surface area contributed by atoms with Crippen LogP contribution in [-0.4, -0.2) is 35.6 Å². The number of carbonyl (C=O) groups excluding carboxylic acids is 4. The van der Waals surface area contributed by atoms with Crippen LogP contribution >= 0.6 is 0 Å². The summed E-state index contributed by atoms with van der Waals surface area (Å²) in [6, 6.07) is 4.89. The van der Waals surface area contributed by atoms with E-state index >= 15 is 0 Å². The van der Waals surface area contributed by atoms with E-state index in [9.17, 15) is 19.2 Å². The zero-order valence-electron chi connectivity index (χ0n) is 15.0. The molecule has 6 nitrogen and oxygen atoms in total. The predicted octanol–water partition coefficient (Wildman–Crippen LogP) is 2.37. The number of aryl methyl sites for hydroxylation is 1. The van der Waals surface area contributed by atoms with E-state index < -0.39 is 11.9 Å². The van der Waals surface area contributed by atoms with Crippen LogP contribution in [0.5, 0.6) is 0 Å². The monoisotopic (exact) mass is 334 g/mol. The Kier molecular flexibility index (Phi) is 9.94. The Balaban J connectivity index is 0.00000254. The third kappa shape index (κ3) is 5.95. The fourth-order valence-electron chi connectivity index (χ4n) is 2.09. The summed E-state index contributed by atoms with van der Waals surface area (Å²) in [5.74, 6) is -0.827. The molecule has 0 heterocycles. The van der Waals surface area contributed by atoms with Gasteiger partial charge in [-0.2, -0.15) is 0 Å². The largest absolute Gasteiger partial charge is 0.299 e. The Morgan fingerprint density at radius 3 is 2.38 bits per heavy atom. The van der Waals surface area contributed by atoms with E-state index in [1.165, 1.54) is 0 Å². The van der Waals surface area contributed by atoms with Crippen molar-refractivity contribution in [2.75, 3.05) is 0 Å². The topological polar surface area (TPSA) is 83.6 Å². The number of nitrogens with zero attached hydrogens (tertiary/aromatic N) is 1. The molecule has 0 aliphatic heterocycles. The molecule has 4 amide bonds. The van der Waals surface area contributed by atoms with Crippen molar-refractivity contribution in [2.24, 2.45) is 0 Å². The summed E-state index contributed by atoms with van der Waals surface area (Å²) in [5, 5.41) is 2.02. The first-order valence-electron chi connectivity index (χ1n) is 7.99. The first kappa shape index (κ1) is 21.5. The van der Waals surface area contributed by atoms with Crippen molar-refractivity contribution in [2.45, 2.75) is 53.5 Å². The summed E-state index contributed by atoms with van der Waals surface area (Å²) in [4.78, 5) is 46.3. The van der Waals surface area contributed by atoms with Gasteiger partial charge in [-0.25, -0.2) is 0 Å². The Labute approximate surface area is 143 Å². The van der Waals surface area contributed by atoms with Gasteiger partial charge < -0.3 is 0 Å². The van der Waals surface area contributed by atoms with Gasteiger partial charge in [-0.1, -0.05) is 26.0 Å². The zero-order valence-corrected chi connectivity index (χ0v) is 15.0. The van der Waals surface area contributed by atoms with Gasteiger partial charge in [-0.15, -0.1) is 0 Å². The second-order valence-electron chi connectivity index (χ2n) is 5.14. The summed E-state index contributed by atoms with van der Waals surface area (Å²) in [6.07, 6.45) is 1.14. The molecule has 24 heavy (non-hydrogen) atoms. The minimum absolute atomic E-state index is 0.0598. The van der Waals surface area contributed by atoms with E-state index in [0.29, 0.717) is 18.4 Å². The van der Waals surface area contributed by atoms with Crippen molar-refractivity contribution in [3.8, 4) is 0 Å². The van der Waals surface area contributed by atoms with Crippen LogP contribution in [-0.2, 0) is 14.4 Å². The molecule has 0 spiro atoms. The number of imide groups is 2. The number of benzene rings is 1. The molecular formula is C18H26N2O4. The van der Waals surface area contributed by atoms with Crippen molar-refractivity contribution in [1.82, 2.24) is 10.2 Å². The summed E-state index contributed by atoms with van der Waals surface area (Å²) in [6.45, 7) is 9.41. The van der Waals surface area contributed by atoms with Crippen molar-refractivity contribution >= 4 is 24.6 Å². The highest BCUT2D eigenvalue weighted by molar-refractivity contribution is 6.01. The molecule has 1 N–H and O–H groups in total. The molecule has 0 saturated heterocycles. The number of hydrogen-bond donors (Lipinski definition) is 1. The second kappa shape index (κ2) is 11.1. The highest BCUT2D eigenvalue weighted by Crippen LogP contribution is 2.17. The molecule has 1 aromatic rings. The number of amides is 4. The lowest BCUT2D eigenvalue weighted by Crippen LogP contribution is -2.38. The molecule has 0 radical (unpaired) electrons. The van der Waals surface area contributed by atoms with Gasteiger partial charge in [0.15, 0.2) is 0 Å². The van der Waals surface area contributed by atoms with Crippen LogP contribution < -0.4 is 5.32 Å². The molecule has 1 aromatic carbocycles. The maximum atomic E-state index is 12.5. The van der Waals surface area contributed by atoms with Gasteiger partial charge >= 0.3 is 0 Å². The number of nitrogens with one attached hydrogen (secondary N) is 1. The van der Waals surface area contributed by atoms with Gasteiger partial charge in [-0.05, 0) is 44.4 Å². The average molecular weight is 334 g/mol. The van der Waals surface area contributed by atoms with E-state index in [0.717, 1.165) is 16.0 Å². The lowest BCUT2D eigenvalue weighted by molar-refractivity contribution is -0.126. The standard InChI is InChI=1S/C16H20N2O4.C2H6/c1-11-5-4-6-14(13(11)3)16(22)18(10-20)12(2)7-8-15(21)17-9-19;1-2/h4-6,9-10,12H,7-8H2,1-3H3,(H,17,19,21);1-2H3. The third-order valence-corrected chi connectivity index (χ3v) is 3.67. The molecule has 132 valence electrons. The Morgan fingerprint density at radius 2 is 1.83 bits per heavy atom. The van der Waals surface area contributed by atoms with Crippen LogP contribution in [0.3, 0.4) is 0 Å². The second-order valence-corrected chi connectivity index (χ2v) is 5.14. The average Bonchev–Trinajstić information content (AvgIpc) is 2.58. The third-order valence-electron chi connectivity index (χ3n) is 3.67. The van der Waals surface area contributed by atoms with E-state index in [1.807, 2.05) is 39.1 Å². The Bertz CT molecular complexity index is 584. The molecule has 0 aliphatic rings. The van der Waals surface area contributed by atoms with Gasteiger partial charge in [0.1, 0.15) is 0 Å². The van der Waals surface area contributed by atoms with Crippen LogP contribution in [0.4, 0.5) is 0 Å². The van der Waals surface area contributed by atoms with Crippen LogP contribution in [0.25, 0.3) is 0 Å². The van der Waals surface area contributed by atoms with Crippen LogP contribution in [0.15, 0.2) is 18.2 Å². The minimum atomic E-state index is -0.442. The first-order chi connectivity index (χ1) is 11.4. The number of hydrogen-bond acceptors (Lipinski definition) is 4. The van der Waals surface area contributed by atoms with Crippen LogP contribution in [0.2, 0.25) is 0 Å². The van der Waals surface area contributed by atoms with Gasteiger partial charge in [0.05, 0.1) is 0 Å². The quantitative estimate of drug-likeness (QED) is 0.776. The zero-order chi connectivity index (χ0) is 18.7. The minimum Gasteiger partial charge on any atom is -0.299 e. The van der Waals surface area contributed by atoms with Crippen molar-refractivity contribution in [3.63, 3.8) is 0 Å². The van der Waals surface area contributed by atoms with Crippen LogP contribution in [0, 0.1) is 13.8 Å². The van der Waals surface area contributed by atoms with Crippen molar-refractivity contribution in [3.05, 3.63) is 34.9 Å². The fraction of sp³-hybridized carbons (Fsp3) is 0.444. The smallest absolute Gasteiger partial charge is 0.260 e. The summed E-state index contributed by atoms with van der Waals surface area (Å²) in [7, 11) is 0.